The van der Waals surface area contributed by atoms with E-state index < -0.39 is 0 Å². The lowest BCUT2D eigenvalue weighted by Crippen LogP contribution is -2.08. The largest absolute Gasteiger partial charge is 0.306 e. The standard InChI is InChI=1S/C15H12N2OS/c1-10-7-8-19-14(10)15-16-12(9-13(18)17-15)11-5-3-2-4-6-11/h2-9H,1H3,(H,16,17,18). The van der Waals surface area contributed by atoms with E-state index in [1.807, 2.05) is 48.7 Å². The summed E-state index contributed by atoms with van der Waals surface area (Å²) in [7, 11) is 0. The Balaban J connectivity index is 2.17. The van der Waals surface area contributed by atoms with Crippen LogP contribution in [0.25, 0.3) is 22.0 Å². The number of rotatable bonds is 2. The summed E-state index contributed by atoms with van der Waals surface area (Å²) in [5, 5.41) is 2.00. The van der Waals surface area contributed by atoms with Crippen LogP contribution in [0.3, 0.4) is 0 Å². The lowest BCUT2D eigenvalue weighted by molar-refractivity contribution is 1.14. The monoisotopic (exact) mass is 268 g/mol. The van der Waals surface area contributed by atoms with Crippen molar-refractivity contribution in [2.24, 2.45) is 0 Å². The van der Waals surface area contributed by atoms with E-state index in [0.717, 1.165) is 16.0 Å². The van der Waals surface area contributed by atoms with E-state index in [4.69, 9.17) is 0 Å². The van der Waals surface area contributed by atoms with Crippen LogP contribution in [0, 0.1) is 6.92 Å². The number of aryl methyl sites for hydroxylation is 1. The zero-order valence-corrected chi connectivity index (χ0v) is 11.2. The molecule has 2 heterocycles. The Morgan fingerprint density at radius 3 is 2.63 bits per heavy atom. The van der Waals surface area contributed by atoms with Crippen molar-refractivity contribution < 1.29 is 0 Å². The minimum Gasteiger partial charge on any atom is -0.306 e. The van der Waals surface area contributed by atoms with Crippen molar-refractivity contribution >= 4 is 11.3 Å². The Kier molecular flexibility index (Phi) is 3.01. The van der Waals surface area contributed by atoms with Crippen LogP contribution >= 0.6 is 11.3 Å². The molecule has 0 atom stereocenters. The summed E-state index contributed by atoms with van der Waals surface area (Å²) >= 11 is 1.58. The van der Waals surface area contributed by atoms with E-state index in [1.54, 1.807) is 11.3 Å². The second-order valence-corrected chi connectivity index (χ2v) is 5.19. The molecule has 94 valence electrons. The van der Waals surface area contributed by atoms with Crippen molar-refractivity contribution in [3.63, 3.8) is 0 Å². The molecular weight excluding hydrogens is 256 g/mol. The van der Waals surface area contributed by atoms with Gasteiger partial charge in [-0.3, -0.25) is 4.79 Å². The van der Waals surface area contributed by atoms with Crippen molar-refractivity contribution in [2.75, 3.05) is 0 Å². The SMILES string of the molecule is Cc1ccsc1-c1nc(-c2ccccc2)cc(=O)[nH]1. The Morgan fingerprint density at radius 2 is 1.95 bits per heavy atom. The van der Waals surface area contributed by atoms with Crippen LogP contribution in [-0.4, -0.2) is 9.97 Å². The molecule has 2 aromatic heterocycles. The van der Waals surface area contributed by atoms with Gasteiger partial charge in [-0.25, -0.2) is 4.98 Å². The van der Waals surface area contributed by atoms with Crippen LogP contribution < -0.4 is 5.56 Å². The minimum atomic E-state index is -0.128. The first-order valence-electron chi connectivity index (χ1n) is 5.95. The molecule has 0 saturated heterocycles. The number of nitrogens with one attached hydrogen (secondary N) is 1. The Hall–Kier alpha value is -2.20. The van der Waals surface area contributed by atoms with Crippen molar-refractivity contribution in [1.82, 2.24) is 9.97 Å². The maximum atomic E-state index is 11.8. The topological polar surface area (TPSA) is 45.8 Å². The normalized spacial score (nSPS) is 10.6. The smallest absolute Gasteiger partial charge is 0.251 e. The summed E-state index contributed by atoms with van der Waals surface area (Å²) < 4.78 is 0. The zero-order valence-electron chi connectivity index (χ0n) is 10.4. The van der Waals surface area contributed by atoms with Crippen molar-refractivity contribution in [3.05, 3.63) is 63.8 Å². The molecule has 0 bridgehead atoms. The van der Waals surface area contributed by atoms with Crippen LogP contribution in [0.2, 0.25) is 0 Å². The molecular formula is C15H12N2OS. The number of benzene rings is 1. The number of H-pyrrole nitrogens is 1. The van der Waals surface area contributed by atoms with Gasteiger partial charge in [-0.15, -0.1) is 11.3 Å². The molecule has 0 aliphatic carbocycles. The molecule has 4 heteroatoms. The molecule has 0 aliphatic heterocycles. The van der Waals surface area contributed by atoms with Gasteiger partial charge in [0.05, 0.1) is 10.6 Å². The number of thiophene rings is 1. The molecule has 3 rings (SSSR count). The average molecular weight is 268 g/mol. The maximum Gasteiger partial charge on any atom is 0.251 e. The molecule has 0 radical (unpaired) electrons. The molecule has 3 aromatic rings. The number of hydrogen-bond acceptors (Lipinski definition) is 3. The maximum absolute atomic E-state index is 11.8. The van der Waals surface area contributed by atoms with E-state index in [9.17, 15) is 4.79 Å². The highest BCUT2D eigenvalue weighted by molar-refractivity contribution is 7.13. The van der Waals surface area contributed by atoms with E-state index in [-0.39, 0.29) is 5.56 Å². The predicted octanol–water partition coefficient (Wildman–Crippen LogP) is 3.47. The van der Waals surface area contributed by atoms with Crippen LogP contribution in [-0.2, 0) is 0 Å². The molecule has 0 aliphatic rings. The fraction of sp³-hybridized carbons (Fsp3) is 0.0667. The predicted molar refractivity (Wildman–Crippen MR) is 78.3 cm³/mol. The number of nitrogens with zero attached hydrogens (tertiary/aromatic N) is 1. The van der Waals surface area contributed by atoms with E-state index >= 15 is 0 Å². The van der Waals surface area contributed by atoms with Gasteiger partial charge in [0.1, 0.15) is 0 Å². The van der Waals surface area contributed by atoms with Crippen molar-refractivity contribution in [1.29, 1.82) is 0 Å². The van der Waals surface area contributed by atoms with Gasteiger partial charge in [0.2, 0.25) is 0 Å². The van der Waals surface area contributed by atoms with E-state index in [0.29, 0.717) is 11.5 Å². The van der Waals surface area contributed by atoms with E-state index in [2.05, 4.69) is 9.97 Å². The molecule has 0 spiro atoms. The van der Waals surface area contributed by atoms with E-state index in [1.165, 1.54) is 6.07 Å². The van der Waals surface area contributed by atoms with Gasteiger partial charge in [-0.1, -0.05) is 30.3 Å². The number of aromatic amines is 1. The average Bonchev–Trinajstić information content (AvgIpc) is 2.85. The zero-order chi connectivity index (χ0) is 13.2. The molecule has 1 aromatic carbocycles. The van der Waals surface area contributed by atoms with Crippen LogP contribution in [0.4, 0.5) is 0 Å². The second-order valence-electron chi connectivity index (χ2n) is 4.28. The molecule has 0 saturated carbocycles. The Morgan fingerprint density at radius 1 is 1.16 bits per heavy atom. The molecule has 0 unspecified atom stereocenters. The molecule has 0 fully saturated rings. The highest BCUT2D eigenvalue weighted by atomic mass is 32.1. The number of aromatic nitrogens is 2. The molecule has 0 amide bonds. The Labute approximate surface area is 114 Å². The highest BCUT2D eigenvalue weighted by Gasteiger charge is 2.09. The molecule has 3 nitrogen and oxygen atoms in total. The fourth-order valence-electron chi connectivity index (χ4n) is 1.94. The lowest BCUT2D eigenvalue weighted by Gasteiger charge is -2.04. The first-order chi connectivity index (χ1) is 9.24. The van der Waals surface area contributed by atoms with Crippen LogP contribution in [0.1, 0.15) is 5.56 Å². The fourth-order valence-corrected chi connectivity index (χ4v) is 2.81. The van der Waals surface area contributed by atoms with Gasteiger partial charge >= 0.3 is 0 Å². The highest BCUT2D eigenvalue weighted by Crippen LogP contribution is 2.26. The summed E-state index contributed by atoms with van der Waals surface area (Å²) in [6.45, 7) is 2.01. The third kappa shape index (κ3) is 2.35. The third-order valence-electron chi connectivity index (χ3n) is 2.89. The molecule has 1 N–H and O–H groups in total. The van der Waals surface area contributed by atoms with Gasteiger partial charge in [0, 0.05) is 11.6 Å². The van der Waals surface area contributed by atoms with Gasteiger partial charge in [-0.05, 0) is 23.9 Å². The number of hydrogen-bond donors (Lipinski definition) is 1. The van der Waals surface area contributed by atoms with Gasteiger partial charge in [-0.2, -0.15) is 0 Å². The summed E-state index contributed by atoms with van der Waals surface area (Å²) in [6.07, 6.45) is 0. The van der Waals surface area contributed by atoms with Crippen LogP contribution in [0.5, 0.6) is 0 Å². The summed E-state index contributed by atoms with van der Waals surface area (Å²) in [5.41, 5.74) is 2.64. The third-order valence-corrected chi connectivity index (χ3v) is 3.91. The Bertz CT molecular complexity index is 759. The van der Waals surface area contributed by atoms with Crippen LogP contribution in [0.15, 0.2) is 52.6 Å². The first kappa shape index (κ1) is 11.9. The molecule has 19 heavy (non-hydrogen) atoms. The van der Waals surface area contributed by atoms with Crippen molar-refractivity contribution in [2.45, 2.75) is 6.92 Å². The summed E-state index contributed by atoms with van der Waals surface area (Å²) in [5.74, 6) is 0.638. The lowest BCUT2D eigenvalue weighted by atomic mass is 10.1. The van der Waals surface area contributed by atoms with Gasteiger partial charge < -0.3 is 4.98 Å². The second kappa shape index (κ2) is 4.82. The first-order valence-corrected chi connectivity index (χ1v) is 6.83. The summed E-state index contributed by atoms with van der Waals surface area (Å²) in [6, 6.07) is 13.3. The van der Waals surface area contributed by atoms with Gasteiger partial charge in [0.15, 0.2) is 5.82 Å². The summed E-state index contributed by atoms with van der Waals surface area (Å²) in [4.78, 5) is 20.2. The van der Waals surface area contributed by atoms with Gasteiger partial charge in [0.25, 0.3) is 5.56 Å². The quantitative estimate of drug-likeness (QED) is 0.773. The minimum absolute atomic E-state index is 0.128. The van der Waals surface area contributed by atoms with Crippen molar-refractivity contribution in [3.8, 4) is 22.0 Å².